The van der Waals surface area contributed by atoms with E-state index in [1.165, 1.54) is 0 Å². The van der Waals surface area contributed by atoms with Gasteiger partial charge in [0.15, 0.2) is 0 Å². The second kappa shape index (κ2) is 2.72. The topological polar surface area (TPSA) is 66.4 Å². The number of Topliss-reactive ketones (excluding diaryl/α,β-unsaturated/α-hetero) is 1. The highest BCUT2D eigenvalue weighted by atomic mass is 16.4. The van der Waals surface area contributed by atoms with Crippen LogP contribution in [0, 0.1) is 11.3 Å². The Kier molecular flexibility index (Phi) is 1.78. The van der Waals surface area contributed by atoms with Crippen LogP contribution in [0.1, 0.15) is 25.7 Å². The van der Waals surface area contributed by atoms with Crippen molar-refractivity contribution in [3.05, 3.63) is 0 Å². The monoisotopic (exact) mass is 183 g/mol. The average Bonchev–Trinajstić information content (AvgIpc) is 1.90. The Labute approximate surface area is 76.3 Å². The summed E-state index contributed by atoms with van der Waals surface area (Å²) in [5, 5.41) is 10.7. The van der Waals surface area contributed by atoms with Gasteiger partial charge in [-0.1, -0.05) is 0 Å². The third kappa shape index (κ3) is 1.53. The zero-order valence-electron chi connectivity index (χ0n) is 7.38. The van der Waals surface area contributed by atoms with Crippen LogP contribution in [-0.2, 0) is 4.79 Å². The molecular formula is C9H13NO3. The molecule has 2 aliphatic rings. The second-order valence-electron chi connectivity index (χ2n) is 4.35. The number of amides is 1. The quantitative estimate of drug-likeness (QED) is 0.671. The SMILES string of the molecule is O=C1CC2(C1)CC(CNC(=O)O)C2. The van der Waals surface area contributed by atoms with Gasteiger partial charge >= 0.3 is 6.09 Å². The van der Waals surface area contributed by atoms with E-state index in [-0.39, 0.29) is 0 Å². The molecule has 0 bridgehead atoms. The predicted molar refractivity (Wildman–Crippen MR) is 45.4 cm³/mol. The lowest BCUT2D eigenvalue weighted by Crippen LogP contribution is -2.50. The molecule has 0 saturated heterocycles. The predicted octanol–water partition coefficient (Wildman–Crippen LogP) is 1.01. The van der Waals surface area contributed by atoms with E-state index in [4.69, 9.17) is 5.11 Å². The van der Waals surface area contributed by atoms with Gasteiger partial charge in [-0.05, 0) is 24.2 Å². The minimum absolute atomic E-state index is 0.294. The van der Waals surface area contributed by atoms with Gasteiger partial charge in [-0.2, -0.15) is 0 Å². The first kappa shape index (κ1) is 8.53. The second-order valence-corrected chi connectivity index (χ2v) is 4.35. The van der Waals surface area contributed by atoms with Gasteiger partial charge in [-0.3, -0.25) is 4.79 Å². The summed E-state index contributed by atoms with van der Waals surface area (Å²) in [4.78, 5) is 20.9. The molecule has 1 spiro atoms. The Hall–Kier alpha value is -1.06. The summed E-state index contributed by atoms with van der Waals surface area (Å²) < 4.78 is 0. The van der Waals surface area contributed by atoms with E-state index in [1.807, 2.05) is 0 Å². The van der Waals surface area contributed by atoms with Crippen LogP contribution in [0.25, 0.3) is 0 Å². The fourth-order valence-electron chi connectivity index (χ4n) is 2.61. The molecule has 2 N–H and O–H groups in total. The van der Waals surface area contributed by atoms with Gasteiger partial charge in [0.05, 0.1) is 0 Å². The van der Waals surface area contributed by atoms with E-state index in [9.17, 15) is 9.59 Å². The molecular weight excluding hydrogens is 170 g/mol. The minimum Gasteiger partial charge on any atom is -0.465 e. The Morgan fingerprint density at radius 3 is 2.62 bits per heavy atom. The number of hydrogen-bond donors (Lipinski definition) is 2. The van der Waals surface area contributed by atoms with E-state index >= 15 is 0 Å². The number of carbonyl (C=O) groups excluding carboxylic acids is 1. The lowest BCUT2D eigenvalue weighted by atomic mass is 9.51. The molecule has 0 aromatic heterocycles. The molecule has 2 saturated carbocycles. The van der Waals surface area contributed by atoms with Crippen LogP contribution in [0.5, 0.6) is 0 Å². The summed E-state index contributed by atoms with van der Waals surface area (Å²) in [6, 6.07) is 0. The molecule has 0 heterocycles. The summed E-state index contributed by atoms with van der Waals surface area (Å²) in [6.45, 7) is 0.547. The van der Waals surface area contributed by atoms with Crippen LogP contribution in [0.15, 0.2) is 0 Å². The largest absolute Gasteiger partial charge is 0.465 e. The minimum atomic E-state index is -0.953. The lowest BCUT2D eigenvalue weighted by molar-refractivity contribution is -0.141. The summed E-state index contributed by atoms with van der Waals surface area (Å²) in [6.07, 6.45) is 2.57. The Balaban J connectivity index is 1.67. The highest BCUT2D eigenvalue weighted by Gasteiger charge is 2.52. The molecule has 0 aromatic rings. The van der Waals surface area contributed by atoms with Crippen molar-refractivity contribution < 1.29 is 14.7 Å². The summed E-state index contributed by atoms with van der Waals surface area (Å²) >= 11 is 0. The molecule has 4 heteroatoms. The zero-order valence-corrected chi connectivity index (χ0v) is 7.38. The van der Waals surface area contributed by atoms with Crippen molar-refractivity contribution >= 4 is 11.9 Å². The van der Waals surface area contributed by atoms with Crippen LogP contribution in [0.3, 0.4) is 0 Å². The Bertz CT molecular complexity index is 246. The van der Waals surface area contributed by atoms with Gasteiger partial charge in [0.25, 0.3) is 0 Å². The van der Waals surface area contributed by atoms with Crippen molar-refractivity contribution in [2.75, 3.05) is 6.54 Å². The van der Waals surface area contributed by atoms with Crippen LogP contribution in [-0.4, -0.2) is 23.5 Å². The van der Waals surface area contributed by atoms with E-state index in [0.717, 1.165) is 25.7 Å². The molecule has 4 nitrogen and oxygen atoms in total. The van der Waals surface area contributed by atoms with Gasteiger partial charge in [0.2, 0.25) is 0 Å². The molecule has 1 amide bonds. The number of rotatable bonds is 2. The maximum absolute atomic E-state index is 10.8. The molecule has 0 radical (unpaired) electrons. The zero-order chi connectivity index (χ0) is 9.47. The van der Waals surface area contributed by atoms with Crippen molar-refractivity contribution in [3.8, 4) is 0 Å². The van der Waals surface area contributed by atoms with Crippen LogP contribution in [0.4, 0.5) is 4.79 Å². The third-order valence-electron chi connectivity index (χ3n) is 3.13. The van der Waals surface area contributed by atoms with Crippen molar-refractivity contribution in [1.82, 2.24) is 5.32 Å². The number of carboxylic acid groups (broad SMARTS) is 1. The molecule has 0 atom stereocenters. The number of carbonyl (C=O) groups is 2. The van der Waals surface area contributed by atoms with Gasteiger partial charge in [-0.15, -0.1) is 0 Å². The van der Waals surface area contributed by atoms with Crippen LogP contribution >= 0.6 is 0 Å². The van der Waals surface area contributed by atoms with Gasteiger partial charge in [-0.25, -0.2) is 4.79 Å². The first-order valence-electron chi connectivity index (χ1n) is 4.58. The van der Waals surface area contributed by atoms with E-state index in [2.05, 4.69) is 5.32 Å². The first-order chi connectivity index (χ1) is 6.10. The van der Waals surface area contributed by atoms with Crippen LogP contribution < -0.4 is 5.32 Å². The fourth-order valence-corrected chi connectivity index (χ4v) is 2.61. The van der Waals surface area contributed by atoms with Crippen molar-refractivity contribution in [2.24, 2.45) is 11.3 Å². The van der Waals surface area contributed by atoms with Crippen molar-refractivity contribution in [1.29, 1.82) is 0 Å². The Morgan fingerprint density at radius 2 is 2.15 bits per heavy atom. The first-order valence-corrected chi connectivity index (χ1v) is 4.58. The fraction of sp³-hybridized carbons (Fsp3) is 0.778. The molecule has 0 unspecified atom stereocenters. The molecule has 13 heavy (non-hydrogen) atoms. The Morgan fingerprint density at radius 1 is 1.54 bits per heavy atom. The highest BCUT2D eigenvalue weighted by Crippen LogP contribution is 2.56. The van der Waals surface area contributed by atoms with Crippen LogP contribution in [0.2, 0.25) is 0 Å². The summed E-state index contributed by atoms with van der Waals surface area (Å²) in [7, 11) is 0. The standard InChI is InChI=1S/C9H13NO3/c11-7-3-9(4-7)1-6(2-9)5-10-8(12)13/h6,10H,1-5H2,(H,12,13). The number of ketones is 1. The van der Waals surface area contributed by atoms with Gasteiger partial charge in [0, 0.05) is 19.4 Å². The molecule has 2 rings (SSSR count). The van der Waals surface area contributed by atoms with Gasteiger partial charge < -0.3 is 10.4 Å². The third-order valence-corrected chi connectivity index (χ3v) is 3.13. The van der Waals surface area contributed by atoms with E-state index < -0.39 is 6.09 Å². The summed E-state index contributed by atoms with van der Waals surface area (Å²) in [5.74, 6) is 0.828. The molecule has 2 aliphatic carbocycles. The smallest absolute Gasteiger partial charge is 0.404 e. The van der Waals surface area contributed by atoms with E-state index in [1.54, 1.807) is 0 Å². The molecule has 0 aromatic carbocycles. The van der Waals surface area contributed by atoms with Crippen molar-refractivity contribution in [3.63, 3.8) is 0 Å². The van der Waals surface area contributed by atoms with Gasteiger partial charge in [0.1, 0.15) is 5.78 Å². The number of hydrogen-bond acceptors (Lipinski definition) is 2. The molecule has 72 valence electrons. The normalized spacial score (nSPS) is 25.1. The molecule has 2 fully saturated rings. The van der Waals surface area contributed by atoms with Crippen molar-refractivity contribution in [2.45, 2.75) is 25.7 Å². The lowest BCUT2D eigenvalue weighted by Gasteiger charge is -2.53. The average molecular weight is 183 g/mol. The summed E-state index contributed by atoms with van der Waals surface area (Å²) in [5.41, 5.74) is 0.294. The highest BCUT2D eigenvalue weighted by molar-refractivity contribution is 5.86. The maximum Gasteiger partial charge on any atom is 0.404 e. The maximum atomic E-state index is 10.8. The van der Waals surface area contributed by atoms with E-state index in [0.29, 0.717) is 23.7 Å². The molecule has 0 aliphatic heterocycles. The number of nitrogens with one attached hydrogen (secondary N) is 1.